The number of nitrogens with one attached hydrogen (secondary N) is 1. The van der Waals surface area contributed by atoms with E-state index in [9.17, 15) is 9.59 Å². The van der Waals surface area contributed by atoms with Gasteiger partial charge in [-0.15, -0.1) is 0 Å². The number of amides is 1. The maximum absolute atomic E-state index is 12.7. The normalized spacial score (nSPS) is 12.3. The third-order valence-electron chi connectivity index (χ3n) is 3.81. The van der Waals surface area contributed by atoms with Crippen LogP contribution >= 0.6 is 11.8 Å². The van der Waals surface area contributed by atoms with Crippen molar-refractivity contribution < 1.29 is 9.53 Å². The molecule has 1 aromatic heterocycles. The lowest BCUT2D eigenvalue weighted by Crippen LogP contribution is -2.34. The SMILES string of the molecule is CCC[C@@H](C)NC(=O)CSc1nc2ccccc2c(=O)n1CCOC. The Morgan fingerprint density at radius 2 is 2.16 bits per heavy atom. The summed E-state index contributed by atoms with van der Waals surface area (Å²) in [7, 11) is 1.59. The molecule has 1 amide bonds. The van der Waals surface area contributed by atoms with Gasteiger partial charge in [0, 0.05) is 13.2 Å². The lowest BCUT2D eigenvalue weighted by molar-refractivity contribution is -0.119. The molecule has 0 unspecified atom stereocenters. The number of nitrogens with zero attached hydrogens (tertiary/aromatic N) is 2. The smallest absolute Gasteiger partial charge is 0.262 e. The number of benzene rings is 1. The Kier molecular flexibility index (Phi) is 7.46. The number of ether oxygens (including phenoxy) is 1. The second-order valence-corrected chi connectivity index (χ2v) is 6.85. The van der Waals surface area contributed by atoms with Crippen LogP contribution in [-0.2, 0) is 16.1 Å². The van der Waals surface area contributed by atoms with E-state index in [-0.39, 0.29) is 23.3 Å². The summed E-state index contributed by atoms with van der Waals surface area (Å²) < 4.78 is 6.68. The van der Waals surface area contributed by atoms with Crippen LogP contribution in [0.3, 0.4) is 0 Å². The van der Waals surface area contributed by atoms with Gasteiger partial charge in [-0.1, -0.05) is 37.2 Å². The van der Waals surface area contributed by atoms with E-state index in [1.165, 1.54) is 11.8 Å². The van der Waals surface area contributed by atoms with Crippen LogP contribution in [0.5, 0.6) is 0 Å². The quantitative estimate of drug-likeness (QED) is 0.547. The largest absolute Gasteiger partial charge is 0.383 e. The van der Waals surface area contributed by atoms with Gasteiger partial charge in [0.25, 0.3) is 5.56 Å². The standard InChI is InChI=1S/C18H25N3O3S/c1-4-7-13(2)19-16(22)12-25-18-20-15-9-6-5-8-14(15)17(23)21(18)10-11-24-3/h5-6,8-9,13H,4,7,10-12H2,1-3H3,(H,19,22)/t13-/m1/s1. The first-order valence-corrected chi connectivity index (χ1v) is 9.46. The zero-order chi connectivity index (χ0) is 18.2. The number of carbonyl (C=O) groups excluding carboxylic acids is 1. The van der Waals surface area contributed by atoms with E-state index in [1.54, 1.807) is 17.7 Å². The summed E-state index contributed by atoms with van der Waals surface area (Å²) in [5.41, 5.74) is 0.535. The van der Waals surface area contributed by atoms with Gasteiger partial charge in [-0.05, 0) is 25.5 Å². The molecule has 0 aliphatic heterocycles. The van der Waals surface area contributed by atoms with Crippen LogP contribution < -0.4 is 10.9 Å². The Hall–Kier alpha value is -1.86. The third-order valence-corrected chi connectivity index (χ3v) is 4.78. The van der Waals surface area contributed by atoms with Crippen LogP contribution in [0, 0.1) is 0 Å². The van der Waals surface area contributed by atoms with Crippen molar-refractivity contribution in [2.24, 2.45) is 0 Å². The van der Waals surface area contributed by atoms with Gasteiger partial charge in [-0.3, -0.25) is 14.2 Å². The van der Waals surface area contributed by atoms with Crippen LogP contribution in [-0.4, -0.2) is 41.0 Å². The van der Waals surface area contributed by atoms with Crippen molar-refractivity contribution in [2.45, 2.75) is 44.4 Å². The Bertz CT molecular complexity index is 776. The lowest BCUT2D eigenvalue weighted by Gasteiger charge is -2.14. The Morgan fingerprint density at radius 1 is 1.40 bits per heavy atom. The summed E-state index contributed by atoms with van der Waals surface area (Å²) in [5, 5.41) is 4.08. The lowest BCUT2D eigenvalue weighted by atomic mass is 10.2. The summed E-state index contributed by atoms with van der Waals surface area (Å²) in [6.45, 7) is 4.90. The molecule has 1 aromatic carbocycles. The van der Waals surface area contributed by atoms with E-state index in [4.69, 9.17) is 4.74 Å². The molecule has 0 fully saturated rings. The molecule has 6 nitrogen and oxygen atoms in total. The molecule has 1 heterocycles. The highest BCUT2D eigenvalue weighted by Gasteiger charge is 2.14. The van der Waals surface area contributed by atoms with Crippen LogP contribution in [0.25, 0.3) is 10.9 Å². The number of aromatic nitrogens is 2. The van der Waals surface area contributed by atoms with Crippen LogP contribution in [0.1, 0.15) is 26.7 Å². The van der Waals surface area contributed by atoms with Crippen molar-refractivity contribution in [1.29, 1.82) is 0 Å². The predicted molar refractivity (Wildman–Crippen MR) is 101 cm³/mol. The number of thioether (sulfide) groups is 1. The number of para-hydroxylation sites is 1. The van der Waals surface area contributed by atoms with Gasteiger partial charge in [-0.25, -0.2) is 4.98 Å². The van der Waals surface area contributed by atoms with Crippen molar-refractivity contribution in [3.8, 4) is 0 Å². The van der Waals surface area contributed by atoms with E-state index < -0.39 is 0 Å². The molecular weight excluding hydrogens is 338 g/mol. The monoisotopic (exact) mass is 363 g/mol. The zero-order valence-electron chi connectivity index (χ0n) is 14.9. The van der Waals surface area contributed by atoms with Gasteiger partial charge in [0.1, 0.15) is 0 Å². The number of rotatable bonds is 9. The Balaban J connectivity index is 2.20. The molecule has 0 radical (unpaired) electrons. The average Bonchev–Trinajstić information content (AvgIpc) is 2.59. The van der Waals surface area contributed by atoms with E-state index in [2.05, 4.69) is 17.2 Å². The van der Waals surface area contributed by atoms with Crippen molar-refractivity contribution in [3.63, 3.8) is 0 Å². The number of hydrogen-bond donors (Lipinski definition) is 1. The van der Waals surface area contributed by atoms with Gasteiger partial charge < -0.3 is 10.1 Å². The summed E-state index contributed by atoms with van der Waals surface area (Å²) in [6, 6.07) is 7.40. The Morgan fingerprint density at radius 3 is 2.88 bits per heavy atom. The first-order valence-electron chi connectivity index (χ1n) is 8.47. The molecule has 1 atom stereocenters. The van der Waals surface area contributed by atoms with Gasteiger partial charge in [0.15, 0.2) is 5.16 Å². The van der Waals surface area contributed by atoms with Crippen molar-refractivity contribution in [1.82, 2.24) is 14.9 Å². The van der Waals surface area contributed by atoms with Crippen LogP contribution in [0.2, 0.25) is 0 Å². The average molecular weight is 363 g/mol. The fraction of sp³-hybridized carbons (Fsp3) is 0.500. The zero-order valence-corrected chi connectivity index (χ0v) is 15.8. The maximum Gasteiger partial charge on any atom is 0.262 e. The molecule has 136 valence electrons. The molecule has 0 spiro atoms. The van der Waals surface area contributed by atoms with Crippen molar-refractivity contribution in [3.05, 3.63) is 34.6 Å². The first kappa shape index (κ1) is 19.5. The first-order chi connectivity index (χ1) is 12.1. The number of carbonyl (C=O) groups is 1. The minimum Gasteiger partial charge on any atom is -0.383 e. The summed E-state index contributed by atoms with van der Waals surface area (Å²) in [5.74, 6) is 0.179. The van der Waals surface area contributed by atoms with Gasteiger partial charge in [0.2, 0.25) is 5.91 Å². The van der Waals surface area contributed by atoms with Crippen molar-refractivity contribution in [2.75, 3.05) is 19.5 Å². The number of hydrogen-bond acceptors (Lipinski definition) is 5. The highest BCUT2D eigenvalue weighted by atomic mass is 32.2. The molecule has 1 N–H and O–H groups in total. The van der Waals surface area contributed by atoms with Gasteiger partial charge >= 0.3 is 0 Å². The summed E-state index contributed by atoms with van der Waals surface area (Å²) in [4.78, 5) is 29.4. The van der Waals surface area contributed by atoms with Gasteiger partial charge in [0.05, 0.1) is 29.8 Å². The second kappa shape index (κ2) is 9.58. The molecule has 0 saturated heterocycles. The second-order valence-electron chi connectivity index (χ2n) is 5.91. The molecule has 0 bridgehead atoms. The Labute approximate surface area is 152 Å². The highest BCUT2D eigenvalue weighted by Crippen LogP contribution is 2.17. The third kappa shape index (κ3) is 5.31. The molecular formula is C18H25N3O3S. The maximum atomic E-state index is 12.7. The molecule has 0 aliphatic rings. The predicted octanol–water partition coefficient (Wildman–Crippen LogP) is 2.44. The van der Waals surface area contributed by atoms with E-state index >= 15 is 0 Å². The molecule has 25 heavy (non-hydrogen) atoms. The molecule has 2 rings (SSSR count). The van der Waals surface area contributed by atoms with E-state index in [1.807, 2.05) is 25.1 Å². The molecule has 2 aromatic rings. The highest BCUT2D eigenvalue weighted by molar-refractivity contribution is 7.99. The number of methoxy groups -OCH3 is 1. The molecule has 7 heteroatoms. The summed E-state index contributed by atoms with van der Waals surface area (Å²) >= 11 is 1.28. The number of fused-ring (bicyclic) bond motifs is 1. The van der Waals surface area contributed by atoms with Crippen LogP contribution in [0.15, 0.2) is 34.2 Å². The van der Waals surface area contributed by atoms with Crippen LogP contribution in [0.4, 0.5) is 0 Å². The summed E-state index contributed by atoms with van der Waals surface area (Å²) in [6.07, 6.45) is 1.97. The fourth-order valence-corrected chi connectivity index (χ4v) is 3.43. The van der Waals surface area contributed by atoms with E-state index in [0.29, 0.717) is 29.2 Å². The fourth-order valence-electron chi connectivity index (χ4n) is 2.59. The molecule has 0 saturated carbocycles. The van der Waals surface area contributed by atoms with E-state index in [0.717, 1.165) is 12.8 Å². The van der Waals surface area contributed by atoms with Crippen molar-refractivity contribution >= 4 is 28.6 Å². The topological polar surface area (TPSA) is 73.2 Å². The van der Waals surface area contributed by atoms with Gasteiger partial charge in [-0.2, -0.15) is 0 Å². The molecule has 0 aliphatic carbocycles. The minimum absolute atomic E-state index is 0.0494. The minimum atomic E-state index is -0.107.